The van der Waals surface area contributed by atoms with Gasteiger partial charge in [0.2, 0.25) is 0 Å². The van der Waals surface area contributed by atoms with Gasteiger partial charge in [0.15, 0.2) is 0 Å². The van der Waals surface area contributed by atoms with Crippen molar-refractivity contribution in [3.63, 3.8) is 0 Å². The standard InChI is InChI=1S/C17H19FO3/c1-10-8-12(9-11(2)17(10)21-4)16(19)15-13(18)6-5-7-14(15)20-3/h5-9,16,19H,1-4H3. The van der Waals surface area contributed by atoms with Crippen molar-refractivity contribution >= 4 is 0 Å². The van der Waals surface area contributed by atoms with Crippen LogP contribution in [0.2, 0.25) is 0 Å². The molecule has 0 bridgehead atoms. The predicted octanol–water partition coefficient (Wildman–Crippen LogP) is 3.54. The lowest BCUT2D eigenvalue weighted by Crippen LogP contribution is -2.06. The molecule has 0 spiro atoms. The van der Waals surface area contributed by atoms with Gasteiger partial charge in [-0.1, -0.05) is 6.07 Å². The van der Waals surface area contributed by atoms with Gasteiger partial charge in [0.05, 0.1) is 19.8 Å². The molecule has 4 heteroatoms. The molecule has 1 atom stereocenters. The number of ether oxygens (including phenoxy) is 2. The topological polar surface area (TPSA) is 38.7 Å². The largest absolute Gasteiger partial charge is 0.496 e. The SMILES string of the molecule is COc1cccc(F)c1C(O)c1cc(C)c(OC)c(C)c1. The van der Waals surface area contributed by atoms with Crippen LogP contribution in [0.25, 0.3) is 0 Å². The molecule has 112 valence electrons. The van der Waals surface area contributed by atoms with E-state index in [4.69, 9.17) is 9.47 Å². The maximum Gasteiger partial charge on any atom is 0.133 e. The van der Waals surface area contributed by atoms with Crippen LogP contribution in [-0.4, -0.2) is 19.3 Å². The first-order valence-corrected chi connectivity index (χ1v) is 6.65. The molecule has 3 nitrogen and oxygen atoms in total. The molecule has 0 aliphatic carbocycles. The second kappa shape index (κ2) is 6.14. The monoisotopic (exact) mass is 290 g/mol. The van der Waals surface area contributed by atoms with Gasteiger partial charge >= 0.3 is 0 Å². The molecular formula is C17H19FO3. The van der Waals surface area contributed by atoms with Crippen LogP contribution >= 0.6 is 0 Å². The van der Waals surface area contributed by atoms with Crippen molar-refractivity contribution in [3.8, 4) is 11.5 Å². The van der Waals surface area contributed by atoms with E-state index in [0.29, 0.717) is 11.3 Å². The summed E-state index contributed by atoms with van der Waals surface area (Å²) in [6.07, 6.45) is -1.09. The van der Waals surface area contributed by atoms with Gasteiger partial charge in [-0.25, -0.2) is 4.39 Å². The molecule has 0 heterocycles. The zero-order valence-corrected chi connectivity index (χ0v) is 12.6. The van der Waals surface area contributed by atoms with Gasteiger partial charge in [-0.3, -0.25) is 0 Å². The Hall–Kier alpha value is -2.07. The molecule has 0 aromatic heterocycles. The number of aliphatic hydroxyl groups is 1. The number of aryl methyl sites for hydroxylation is 2. The first-order valence-electron chi connectivity index (χ1n) is 6.65. The van der Waals surface area contributed by atoms with Crippen molar-refractivity contribution in [2.45, 2.75) is 20.0 Å². The first kappa shape index (κ1) is 15.3. The molecule has 2 aromatic rings. The number of hydrogen-bond acceptors (Lipinski definition) is 3. The molecule has 0 radical (unpaired) electrons. The van der Waals surface area contributed by atoms with Gasteiger partial charge in [-0.15, -0.1) is 0 Å². The molecule has 2 aromatic carbocycles. The van der Waals surface area contributed by atoms with E-state index in [1.54, 1.807) is 31.4 Å². The summed E-state index contributed by atoms with van der Waals surface area (Å²) in [7, 11) is 3.06. The molecule has 1 N–H and O–H groups in total. The minimum absolute atomic E-state index is 0.143. The zero-order chi connectivity index (χ0) is 15.6. The molecule has 0 saturated carbocycles. The third-order valence-electron chi connectivity index (χ3n) is 3.51. The fourth-order valence-electron chi connectivity index (χ4n) is 2.59. The van der Waals surface area contributed by atoms with Gasteiger partial charge in [-0.05, 0) is 54.8 Å². The van der Waals surface area contributed by atoms with Gasteiger partial charge in [0, 0.05) is 0 Å². The Morgan fingerprint density at radius 3 is 2.19 bits per heavy atom. The quantitative estimate of drug-likeness (QED) is 0.936. The number of benzene rings is 2. The minimum atomic E-state index is -1.09. The van der Waals surface area contributed by atoms with Crippen LogP contribution in [0.3, 0.4) is 0 Å². The summed E-state index contributed by atoms with van der Waals surface area (Å²) in [6, 6.07) is 8.08. The Kier molecular flexibility index (Phi) is 4.48. The Balaban J connectivity index is 2.53. The van der Waals surface area contributed by atoms with Crippen LogP contribution < -0.4 is 9.47 Å². The number of methoxy groups -OCH3 is 2. The van der Waals surface area contributed by atoms with Crippen LogP contribution in [0.1, 0.15) is 28.4 Å². The Morgan fingerprint density at radius 1 is 1.05 bits per heavy atom. The second-order valence-electron chi connectivity index (χ2n) is 4.95. The normalized spacial score (nSPS) is 12.1. The average Bonchev–Trinajstić information content (AvgIpc) is 2.45. The van der Waals surface area contributed by atoms with Crippen LogP contribution in [0.4, 0.5) is 4.39 Å². The lowest BCUT2D eigenvalue weighted by molar-refractivity contribution is 0.208. The van der Waals surface area contributed by atoms with E-state index in [0.717, 1.165) is 16.9 Å². The fourth-order valence-corrected chi connectivity index (χ4v) is 2.59. The highest BCUT2D eigenvalue weighted by Gasteiger charge is 2.21. The second-order valence-corrected chi connectivity index (χ2v) is 4.95. The average molecular weight is 290 g/mol. The highest BCUT2D eigenvalue weighted by atomic mass is 19.1. The molecule has 0 aliphatic heterocycles. The first-order chi connectivity index (χ1) is 9.99. The number of rotatable bonds is 4. The van der Waals surface area contributed by atoms with E-state index >= 15 is 0 Å². The molecule has 1 unspecified atom stereocenters. The summed E-state index contributed by atoms with van der Waals surface area (Å²) in [5.74, 6) is 0.605. The van der Waals surface area contributed by atoms with Crippen molar-refractivity contribution in [1.29, 1.82) is 0 Å². The van der Waals surface area contributed by atoms with E-state index in [2.05, 4.69) is 0 Å². The van der Waals surface area contributed by atoms with Crippen molar-refractivity contribution in [2.24, 2.45) is 0 Å². The highest BCUT2D eigenvalue weighted by Crippen LogP contribution is 2.35. The predicted molar refractivity (Wildman–Crippen MR) is 79.5 cm³/mol. The van der Waals surface area contributed by atoms with Gasteiger partial charge in [0.1, 0.15) is 23.4 Å². The van der Waals surface area contributed by atoms with E-state index in [9.17, 15) is 9.50 Å². The van der Waals surface area contributed by atoms with E-state index in [1.165, 1.54) is 13.2 Å². The third kappa shape index (κ3) is 2.85. The lowest BCUT2D eigenvalue weighted by atomic mass is 9.96. The number of hydrogen-bond donors (Lipinski definition) is 1. The maximum atomic E-state index is 14.1. The summed E-state index contributed by atoms with van der Waals surface area (Å²) >= 11 is 0. The van der Waals surface area contributed by atoms with Crippen molar-refractivity contribution < 1.29 is 19.0 Å². The Labute approximate surface area is 124 Å². The molecule has 2 rings (SSSR count). The van der Waals surface area contributed by atoms with Gasteiger partial charge in [-0.2, -0.15) is 0 Å². The van der Waals surface area contributed by atoms with E-state index < -0.39 is 11.9 Å². The Bertz CT molecular complexity index is 629. The minimum Gasteiger partial charge on any atom is -0.496 e. The smallest absolute Gasteiger partial charge is 0.133 e. The summed E-state index contributed by atoms with van der Waals surface area (Å²) < 4.78 is 24.5. The summed E-state index contributed by atoms with van der Waals surface area (Å²) in [5, 5.41) is 10.5. The summed E-state index contributed by atoms with van der Waals surface area (Å²) in [6.45, 7) is 3.78. The van der Waals surface area contributed by atoms with Crippen LogP contribution in [0, 0.1) is 19.7 Å². The molecule has 21 heavy (non-hydrogen) atoms. The summed E-state index contributed by atoms with van der Waals surface area (Å²) in [4.78, 5) is 0. The molecule has 0 amide bonds. The van der Waals surface area contributed by atoms with Crippen molar-refractivity contribution in [1.82, 2.24) is 0 Å². The third-order valence-corrected chi connectivity index (χ3v) is 3.51. The van der Waals surface area contributed by atoms with Crippen molar-refractivity contribution in [2.75, 3.05) is 14.2 Å². The molecule has 0 fully saturated rings. The van der Waals surface area contributed by atoms with Crippen LogP contribution in [0.5, 0.6) is 11.5 Å². The van der Waals surface area contributed by atoms with Crippen molar-refractivity contribution in [3.05, 3.63) is 58.4 Å². The van der Waals surface area contributed by atoms with E-state index in [-0.39, 0.29) is 5.56 Å². The van der Waals surface area contributed by atoms with Crippen LogP contribution in [0.15, 0.2) is 30.3 Å². The Morgan fingerprint density at radius 2 is 1.67 bits per heavy atom. The maximum absolute atomic E-state index is 14.1. The highest BCUT2D eigenvalue weighted by molar-refractivity contribution is 5.48. The van der Waals surface area contributed by atoms with Gasteiger partial charge < -0.3 is 14.6 Å². The number of halogens is 1. The molecule has 0 saturated heterocycles. The fraction of sp³-hybridized carbons (Fsp3) is 0.294. The lowest BCUT2D eigenvalue weighted by Gasteiger charge is -2.18. The summed E-state index contributed by atoms with van der Waals surface area (Å²) in [5.41, 5.74) is 2.53. The zero-order valence-electron chi connectivity index (χ0n) is 12.6. The van der Waals surface area contributed by atoms with Crippen LogP contribution in [-0.2, 0) is 0 Å². The number of aliphatic hydroxyl groups excluding tert-OH is 1. The molecule has 0 aliphatic rings. The van der Waals surface area contributed by atoms with Gasteiger partial charge in [0.25, 0.3) is 0 Å². The van der Waals surface area contributed by atoms with E-state index in [1.807, 2.05) is 13.8 Å². The molecular weight excluding hydrogens is 271 g/mol.